The van der Waals surface area contributed by atoms with Crippen LogP contribution < -0.4 is 0 Å². The van der Waals surface area contributed by atoms with Crippen LogP contribution in [0.3, 0.4) is 0 Å². The van der Waals surface area contributed by atoms with E-state index in [0.717, 1.165) is 44.1 Å². The monoisotopic (exact) mass is 367 g/mol. The number of rotatable bonds is 1. The molecule has 0 spiro atoms. The molecule has 0 saturated carbocycles. The van der Waals surface area contributed by atoms with E-state index in [9.17, 15) is 0 Å². The van der Waals surface area contributed by atoms with Crippen LogP contribution >= 0.6 is 11.6 Å². The average molecular weight is 368 g/mol. The summed E-state index contributed by atoms with van der Waals surface area (Å²) in [6.45, 7) is 0. The molecule has 0 aliphatic carbocycles. The van der Waals surface area contributed by atoms with Gasteiger partial charge in [0, 0.05) is 37.6 Å². The Labute approximate surface area is 160 Å². The number of halogens is 1. The maximum absolute atomic E-state index is 6.32. The molecule has 0 aliphatic rings. The molecule has 0 saturated heterocycles. The van der Waals surface area contributed by atoms with Crippen molar-refractivity contribution < 1.29 is 4.42 Å². The molecule has 2 nitrogen and oxygen atoms in total. The third kappa shape index (κ3) is 2.08. The first-order chi connectivity index (χ1) is 13.3. The summed E-state index contributed by atoms with van der Waals surface area (Å²) >= 11 is 6.28. The molecular weight excluding hydrogens is 354 g/mol. The fraction of sp³-hybridized carbons (Fsp3) is 0. The van der Waals surface area contributed by atoms with Crippen LogP contribution in [0.5, 0.6) is 0 Å². The summed E-state index contributed by atoms with van der Waals surface area (Å²) < 4.78 is 6.32. The van der Waals surface area contributed by atoms with Crippen LogP contribution in [-0.4, -0.2) is 4.98 Å². The standard InChI is InChI=1S/C24H14ClNO/c25-15-10-11-21-17(12-15)19-13-18-16-8-4-5-9-20(16)26-23(18)22(24(19)27-21)14-6-2-1-3-7-14/h1-13,26H. The van der Waals surface area contributed by atoms with E-state index in [4.69, 9.17) is 16.0 Å². The van der Waals surface area contributed by atoms with Crippen LogP contribution in [0.2, 0.25) is 5.02 Å². The van der Waals surface area contributed by atoms with Crippen molar-refractivity contribution in [2.45, 2.75) is 0 Å². The number of fused-ring (bicyclic) bond motifs is 6. The second kappa shape index (κ2) is 5.38. The van der Waals surface area contributed by atoms with Crippen molar-refractivity contribution in [1.82, 2.24) is 4.98 Å². The summed E-state index contributed by atoms with van der Waals surface area (Å²) in [4.78, 5) is 3.61. The zero-order valence-electron chi connectivity index (χ0n) is 14.3. The summed E-state index contributed by atoms with van der Waals surface area (Å²) in [6.07, 6.45) is 0. The first-order valence-electron chi connectivity index (χ1n) is 8.90. The lowest BCUT2D eigenvalue weighted by atomic mass is 9.98. The molecular formula is C24H14ClNO. The molecule has 0 amide bonds. The summed E-state index contributed by atoms with van der Waals surface area (Å²) in [6, 6.07) is 26.8. The van der Waals surface area contributed by atoms with E-state index in [0.29, 0.717) is 5.02 Å². The smallest absolute Gasteiger partial charge is 0.145 e. The quantitative estimate of drug-likeness (QED) is 0.319. The van der Waals surface area contributed by atoms with Crippen LogP contribution in [-0.2, 0) is 0 Å². The maximum Gasteiger partial charge on any atom is 0.145 e. The number of H-pyrrole nitrogens is 1. The van der Waals surface area contributed by atoms with E-state index in [2.05, 4.69) is 59.6 Å². The van der Waals surface area contributed by atoms with Crippen molar-refractivity contribution in [1.29, 1.82) is 0 Å². The Kier molecular flexibility index (Phi) is 2.97. The Morgan fingerprint density at radius 1 is 0.704 bits per heavy atom. The number of nitrogens with one attached hydrogen (secondary N) is 1. The molecule has 3 heteroatoms. The van der Waals surface area contributed by atoms with Gasteiger partial charge in [0.15, 0.2) is 0 Å². The summed E-state index contributed by atoms with van der Waals surface area (Å²) in [5, 5.41) is 5.25. The van der Waals surface area contributed by atoms with Crippen molar-refractivity contribution in [3.05, 3.63) is 83.9 Å². The van der Waals surface area contributed by atoms with Gasteiger partial charge in [-0.2, -0.15) is 0 Å². The van der Waals surface area contributed by atoms with Crippen LogP contribution in [0.4, 0.5) is 0 Å². The summed E-state index contributed by atoms with van der Waals surface area (Å²) in [5.41, 5.74) is 6.18. The molecule has 2 aromatic heterocycles. The molecule has 0 fully saturated rings. The molecule has 2 heterocycles. The van der Waals surface area contributed by atoms with E-state index in [1.54, 1.807) is 0 Å². The molecule has 0 atom stereocenters. The maximum atomic E-state index is 6.32. The number of furan rings is 1. The van der Waals surface area contributed by atoms with Gasteiger partial charge >= 0.3 is 0 Å². The lowest BCUT2D eigenvalue weighted by Gasteiger charge is -2.05. The van der Waals surface area contributed by atoms with Gasteiger partial charge in [0.1, 0.15) is 11.2 Å². The van der Waals surface area contributed by atoms with Crippen molar-refractivity contribution in [3.63, 3.8) is 0 Å². The minimum atomic E-state index is 0.713. The summed E-state index contributed by atoms with van der Waals surface area (Å²) in [7, 11) is 0. The van der Waals surface area contributed by atoms with Crippen LogP contribution in [0.15, 0.2) is 83.3 Å². The molecule has 0 radical (unpaired) electrons. The minimum absolute atomic E-state index is 0.713. The van der Waals surface area contributed by atoms with Gasteiger partial charge in [-0.15, -0.1) is 0 Å². The van der Waals surface area contributed by atoms with Crippen molar-refractivity contribution in [3.8, 4) is 11.1 Å². The molecule has 1 N–H and O–H groups in total. The molecule has 0 unspecified atom stereocenters. The number of aromatic nitrogens is 1. The highest BCUT2D eigenvalue weighted by atomic mass is 35.5. The highest BCUT2D eigenvalue weighted by molar-refractivity contribution is 6.32. The number of hydrogen-bond donors (Lipinski definition) is 1. The molecule has 6 rings (SSSR count). The largest absolute Gasteiger partial charge is 0.455 e. The molecule has 6 aromatic rings. The third-order valence-corrected chi connectivity index (χ3v) is 5.50. The molecule has 27 heavy (non-hydrogen) atoms. The zero-order chi connectivity index (χ0) is 18.0. The Morgan fingerprint density at radius 3 is 2.41 bits per heavy atom. The highest BCUT2D eigenvalue weighted by Crippen LogP contribution is 2.43. The normalized spacial score (nSPS) is 11.9. The third-order valence-electron chi connectivity index (χ3n) is 5.26. The molecule has 4 aromatic carbocycles. The van der Waals surface area contributed by atoms with E-state index in [-0.39, 0.29) is 0 Å². The van der Waals surface area contributed by atoms with Gasteiger partial charge in [0.05, 0.1) is 5.52 Å². The summed E-state index contributed by atoms with van der Waals surface area (Å²) in [5.74, 6) is 0. The lowest BCUT2D eigenvalue weighted by molar-refractivity contribution is 0.670. The Bertz CT molecular complexity index is 1470. The molecule has 0 aliphatic heterocycles. The molecule has 0 bridgehead atoms. The topological polar surface area (TPSA) is 28.9 Å². The lowest BCUT2D eigenvalue weighted by Crippen LogP contribution is -1.82. The predicted molar refractivity (Wildman–Crippen MR) is 114 cm³/mol. The SMILES string of the molecule is Clc1ccc2oc3c(-c4ccccc4)c4[nH]c5ccccc5c4cc3c2c1. The fourth-order valence-corrected chi connectivity index (χ4v) is 4.24. The number of benzene rings is 4. The van der Waals surface area contributed by atoms with E-state index < -0.39 is 0 Å². The Morgan fingerprint density at radius 2 is 1.52 bits per heavy atom. The minimum Gasteiger partial charge on any atom is -0.455 e. The second-order valence-corrected chi connectivity index (χ2v) is 7.27. The van der Waals surface area contributed by atoms with E-state index in [1.807, 2.05) is 24.3 Å². The molecule has 128 valence electrons. The van der Waals surface area contributed by atoms with Crippen LogP contribution in [0, 0.1) is 0 Å². The van der Waals surface area contributed by atoms with Crippen molar-refractivity contribution in [2.24, 2.45) is 0 Å². The van der Waals surface area contributed by atoms with Gasteiger partial charge in [0.25, 0.3) is 0 Å². The van der Waals surface area contributed by atoms with E-state index in [1.165, 1.54) is 10.8 Å². The van der Waals surface area contributed by atoms with Gasteiger partial charge in [-0.3, -0.25) is 0 Å². The first-order valence-corrected chi connectivity index (χ1v) is 9.28. The Balaban J connectivity index is 1.91. The van der Waals surface area contributed by atoms with Gasteiger partial charge in [-0.05, 0) is 35.9 Å². The van der Waals surface area contributed by atoms with Crippen LogP contribution in [0.25, 0.3) is 54.9 Å². The number of para-hydroxylation sites is 1. The van der Waals surface area contributed by atoms with Crippen molar-refractivity contribution in [2.75, 3.05) is 0 Å². The number of aromatic amines is 1. The second-order valence-electron chi connectivity index (χ2n) is 6.83. The highest BCUT2D eigenvalue weighted by Gasteiger charge is 2.19. The van der Waals surface area contributed by atoms with E-state index >= 15 is 0 Å². The van der Waals surface area contributed by atoms with Gasteiger partial charge in [0.2, 0.25) is 0 Å². The van der Waals surface area contributed by atoms with Gasteiger partial charge < -0.3 is 9.40 Å². The first kappa shape index (κ1) is 14.9. The average Bonchev–Trinajstić information content (AvgIpc) is 3.25. The van der Waals surface area contributed by atoms with Crippen molar-refractivity contribution >= 4 is 55.3 Å². The number of hydrogen-bond acceptors (Lipinski definition) is 1. The fourth-order valence-electron chi connectivity index (χ4n) is 4.07. The zero-order valence-corrected chi connectivity index (χ0v) is 15.0. The van der Waals surface area contributed by atoms with Gasteiger partial charge in [-0.25, -0.2) is 0 Å². The predicted octanol–water partition coefficient (Wildman–Crippen LogP) is 7.54. The Hall–Kier alpha value is -3.23. The van der Waals surface area contributed by atoms with Crippen LogP contribution in [0.1, 0.15) is 0 Å². The van der Waals surface area contributed by atoms with Gasteiger partial charge in [-0.1, -0.05) is 60.1 Å².